The Morgan fingerprint density at radius 3 is 2.76 bits per heavy atom. The lowest BCUT2D eigenvalue weighted by molar-refractivity contribution is -0.118. The van der Waals surface area contributed by atoms with E-state index in [1.165, 1.54) is 0 Å². The number of rotatable bonds is 5. The van der Waals surface area contributed by atoms with Gasteiger partial charge in [-0.2, -0.15) is 0 Å². The average Bonchev–Trinajstić information content (AvgIpc) is 3.05. The molecule has 7 heteroatoms. The molecule has 0 unspecified atom stereocenters. The van der Waals surface area contributed by atoms with Crippen LogP contribution in [0.5, 0.6) is 0 Å². The highest BCUT2D eigenvalue weighted by Gasteiger charge is 2.43. The number of nitrogens with one attached hydrogen (secondary N) is 2. The highest BCUT2D eigenvalue weighted by atomic mass is 32.2. The number of H-pyrrole nitrogens is 1. The predicted molar refractivity (Wildman–Crippen MR) is 114 cm³/mol. The molecule has 0 saturated heterocycles. The maximum Gasteiger partial charge on any atom is 0.257 e. The molecule has 2 aromatic rings. The van der Waals surface area contributed by atoms with Crippen molar-refractivity contribution in [1.29, 1.82) is 0 Å². The number of hydrogen-bond acceptors (Lipinski definition) is 6. The molecule has 0 spiro atoms. The van der Waals surface area contributed by atoms with Crippen molar-refractivity contribution in [1.82, 2.24) is 9.97 Å². The molecule has 2 N–H and O–H groups in total. The molecule has 154 valence electrons. The van der Waals surface area contributed by atoms with Gasteiger partial charge in [-0.05, 0) is 37.3 Å². The lowest BCUT2D eigenvalue weighted by atomic mass is 9.70. The van der Waals surface area contributed by atoms with E-state index < -0.39 is 5.92 Å². The minimum absolute atomic E-state index is 0.0641. The Balaban J connectivity index is 1.85. The fourth-order valence-electron chi connectivity index (χ4n) is 4.17. The maximum atomic E-state index is 13.1. The zero-order valence-electron chi connectivity index (χ0n) is 17.3. The van der Waals surface area contributed by atoms with Crippen LogP contribution in [0, 0.1) is 12.3 Å². The number of Topliss-reactive ketones (excluding diaryl/α,β-unsaturated/α-hetero) is 1. The molecule has 2 aliphatic rings. The van der Waals surface area contributed by atoms with Crippen molar-refractivity contribution in [2.75, 3.05) is 11.1 Å². The number of aryl methyl sites for hydroxylation is 1. The molecule has 1 aliphatic carbocycles. The van der Waals surface area contributed by atoms with Gasteiger partial charge in [0.15, 0.2) is 10.9 Å². The predicted octanol–water partition coefficient (Wildman–Crippen LogP) is 4.76. The molecule has 0 radical (unpaired) electrons. The van der Waals surface area contributed by atoms with Crippen LogP contribution < -0.4 is 10.9 Å². The summed E-state index contributed by atoms with van der Waals surface area (Å²) in [5, 5.41) is 3.94. The molecule has 0 fully saturated rings. The molecule has 2 aromatic heterocycles. The number of aromatic amines is 1. The number of allylic oxidation sites excluding steroid dienone is 2. The van der Waals surface area contributed by atoms with Gasteiger partial charge in [-0.15, -0.1) is 0 Å². The zero-order valence-corrected chi connectivity index (χ0v) is 18.2. The lowest BCUT2D eigenvalue weighted by Gasteiger charge is -2.37. The minimum Gasteiger partial charge on any atom is -0.465 e. The number of carbonyl (C=O) groups is 1. The number of thioether (sulfide) groups is 1. The smallest absolute Gasteiger partial charge is 0.257 e. The van der Waals surface area contributed by atoms with Gasteiger partial charge in [-0.25, -0.2) is 4.98 Å². The molecule has 3 heterocycles. The van der Waals surface area contributed by atoms with E-state index in [0.717, 1.165) is 36.5 Å². The van der Waals surface area contributed by atoms with Crippen LogP contribution in [0.3, 0.4) is 0 Å². The summed E-state index contributed by atoms with van der Waals surface area (Å²) in [6.07, 6.45) is 3.34. The third kappa shape index (κ3) is 3.80. The van der Waals surface area contributed by atoms with Gasteiger partial charge in [0.2, 0.25) is 0 Å². The summed E-state index contributed by atoms with van der Waals surface area (Å²) in [6.45, 7) is 8.18. The third-order valence-electron chi connectivity index (χ3n) is 5.48. The molecule has 0 bridgehead atoms. The number of ketones is 1. The molecule has 6 nitrogen and oxygen atoms in total. The van der Waals surface area contributed by atoms with Gasteiger partial charge < -0.3 is 14.7 Å². The van der Waals surface area contributed by atoms with E-state index in [1.807, 2.05) is 19.1 Å². The number of unbranched alkanes of at least 4 members (excludes halogenated alkanes) is 1. The summed E-state index contributed by atoms with van der Waals surface area (Å²) in [5.41, 5.74) is 1.62. The van der Waals surface area contributed by atoms with Crippen LogP contribution in [0.15, 0.2) is 37.8 Å². The second-order valence-electron chi connectivity index (χ2n) is 8.67. The summed E-state index contributed by atoms with van der Waals surface area (Å²) < 4.78 is 5.89. The number of anilines is 1. The highest BCUT2D eigenvalue weighted by molar-refractivity contribution is 7.99. The molecular weight excluding hydrogens is 386 g/mol. The van der Waals surface area contributed by atoms with E-state index in [-0.39, 0.29) is 16.8 Å². The van der Waals surface area contributed by atoms with E-state index in [2.05, 4.69) is 31.1 Å². The van der Waals surface area contributed by atoms with Gasteiger partial charge in [-0.1, -0.05) is 39.0 Å². The van der Waals surface area contributed by atoms with E-state index >= 15 is 0 Å². The van der Waals surface area contributed by atoms with Crippen molar-refractivity contribution in [2.45, 2.75) is 64.5 Å². The van der Waals surface area contributed by atoms with Crippen molar-refractivity contribution in [3.05, 3.63) is 50.8 Å². The molecule has 0 amide bonds. The Kier molecular flexibility index (Phi) is 5.19. The van der Waals surface area contributed by atoms with E-state index in [1.54, 1.807) is 11.8 Å². The van der Waals surface area contributed by atoms with Crippen LogP contribution in [0.1, 0.15) is 69.5 Å². The van der Waals surface area contributed by atoms with E-state index in [9.17, 15) is 9.59 Å². The number of hydrogen-bond donors (Lipinski definition) is 2. The number of aromatic nitrogens is 2. The van der Waals surface area contributed by atoms with Crippen molar-refractivity contribution >= 4 is 23.4 Å². The first-order valence-corrected chi connectivity index (χ1v) is 11.1. The fourth-order valence-corrected chi connectivity index (χ4v) is 5.11. The molecule has 1 atom stereocenters. The van der Waals surface area contributed by atoms with Gasteiger partial charge in [0, 0.05) is 23.4 Å². The largest absolute Gasteiger partial charge is 0.465 e. The summed E-state index contributed by atoms with van der Waals surface area (Å²) in [5.74, 6) is 2.35. The van der Waals surface area contributed by atoms with Crippen molar-refractivity contribution in [3.63, 3.8) is 0 Å². The molecular formula is C22H27N3O3S. The number of carbonyl (C=O) groups excluding carboxylic acids is 1. The van der Waals surface area contributed by atoms with Crippen molar-refractivity contribution < 1.29 is 9.21 Å². The molecule has 0 aromatic carbocycles. The molecule has 29 heavy (non-hydrogen) atoms. The van der Waals surface area contributed by atoms with Crippen LogP contribution in [0.25, 0.3) is 0 Å². The Hall–Kier alpha value is -2.28. The average molecular weight is 414 g/mol. The first kappa shape index (κ1) is 20.0. The fraction of sp³-hybridized carbons (Fsp3) is 0.500. The molecule has 0 saturated carbocycles. The van der Waals surface area contributed by atoms with Crippen LogP contribution in [0.2, 0.25) is 0 Å². The second kappa shape index (κ2) is 7.52. The Morgan fingerprint density at radius 1 is 1.28 bits per heavy atom. The van der Waals surface area contributed by atoms with E-state index in [0.29, 0.717) is 34.3 Å². The highest BCUT2D eigenvalue weighted by Crippen LogP contribution is 2.47. The molecule has 1 aliphatic heterocycles. The lowest BCUT2D eigenvalue weighted by Crippen LogP contribution is -2.36. The zero-order chi connectivity index (χ0) is 20.8. The van der Waals surface area contributed by atoms with Crippen molar-refractivity contribution in [2.24, 2.45) is 5.41 Å². The van der Waals surface area contributed by atoms with Gasteiger partial charge in [0.05, 0.1) is 11.5 Å². The quantitative estimate of drug-likeness (QED) is 0.417. The first-order chi connectivity index (χ1) is 13.8. The second-order valence-corrected chi connectivity index (χ2v) is 9.76. The Bertz CT molecular complexity index is 1050. The van der Waals surface area contributed by atoms with Crippen LogP contribution in [-0.2, 0) is 4.79 Å². The van der Waals surface area contributed by atoms with Gasteiger partial charge in [0.1, 0.15) is 17.3 Å². The third-order valence-corrected chi connectivity index (χ3v) is 6.44. The SMILES string of the molecule is CCCCSc1nc2c(c(=O)[nH]1)[C@@H](c1ccc(C)o1)C1=C(CC(C)(C)CC1=O)N2. The topological polar surface area (TPSA) is 88.0 Å². The summed E-state index contributed by atoms with van der Waals surface area (Å²) in [7, 11) is 0. The van der Waals surface area contributed by atoms with Gasteiger partial charge in [0.25, 0.3) is 5.56 Å². The number of furan rings is 1. The maximum absolute atomic E-state index is 13.1. The van der Waals surface area contributed by atoms with Crippen LogP contribution >= 0.6 is 11.8 Å². The standard InChI is InChI=1S/C22H27N3O3S/c1-5-6-9-29-21-24-19-18(20(27)25-21)17(15-8-7-12(2)28-15)16-13(23-19)10-22(3,4)11-14(16)26/h7-8,17H,5-6,9-11H2,1-4H3,(H2,23,24,25,27)/t17-/m0/s1. The first-order valence-electron chi connectivity index (χ1n) is 10.2. The summed E-state index contributed by atoms with van der Waals surface area (Å²) in [4.78, 5) is 33.8. The normalized spacial score (nSPS) is 20.3. The van der Waals surface area contributed by atoms with Crippen LogP contribution in [-0.4, -0.2) is 21.5 Å². The van der Waals surface area contributed by atoms with Gasteiger partial charge >= 0.3 is 0 Å². The monoisotopic (exact) mass is 413 g/mol. The number of nitrogens with zero attached hydrogens (tertiary/aromatic N) is 1. The van der Waals surface area contributed by atoms with Crippen LogP contribution in [0.4, 0.5) is 5.82 Å². The Labute approximate surface area is 174 Å². The van der Waals surface area contributed by atoms with Gasteiger partial charge in [-0.3, -0.25) is 9.59 Å². The summed E-state index contributed by atoms with van der Waals surface area (Å²) >= 11 is 1.55. The minimum atomic E-state index is -0.524. The molecule has 4 rings (SSSR count). The van der Waals surface area contributed by atoms with Crippen molar-refractivity contribution in [3.8, 4) is 0 Å². The van der Waals surface area contributed by atoms with E-state index in [4.69, 9.17) is 9.40 Å². The number of fused-ring (bicyclic) bond motifs is 1. The Morgan fingerprint density at radius 2 is 2.07 bits per heavy atom. The summed E-state index contributed by atoms with van der Waals surface area (Å²) in [6, 6.07) is 3.72.